The van der Waals surface area contributed by atoms with Gasteiger partial charge in [0, 0.05) is 23.4 Å². The molecule has 9 heteroatoms. The number of fused-ring (bicyclic) bond motifs is 1. The summed E-state index contributed by atoms with van der Waals surface area (Å²) in [4.78, 5) is 17.3. The molecule has 1 heterocycles. The Hall–Kier alpha value is -2.39. The lowest BCUT2D eigenvalue weighted by atomic mass is 10.2. The number of carbonyl (C=O) groups is 1. The van der Waals surface area contributed by atoms with Crippen LogP contribution in [0.5, 0.6) is 0 Å². The van der Waals surface area contributed by atoms with Crippen LogP contribution in [0.25, 0.3) is 0 Å². The number of hydrogen-bond donors (Lipinski definition) is 2. The minimum absolute atomic E-state index is 0.134. The smallest absolute Gasteiger partial charge is 0.263 e. The van der Waals surface area contributed by atoms with Crippen LogP contribution < -0.4 is 10.0 Å². The number of thioether (sulfide) groups is 1. The van der Waals surface area contributed by atoms with Gasteiger partial charge in [-0.25, -0.2) is 12.8 Å². The van der Waals surface area contributed by atoms with Gasteiger partial charge in [0.25, 0.3) is 10.0 Å². The molecule has 0 unspecified atom stereocenters. The molecule has 0 aliphatic carbocycles. The van der Waals surface area contributed by atoms with Crippen molar-refractivity contribution >= 4 is 33.5 Å². The van der Waals surface area contributed by atoms with Crippen molar-refractivity contribution in [3.8, 4) is 0 Å². The standard InChI is InChI=1S/C19H20FN3O3S2/c20-14-6-8-15(9-7-14)27-13-3-11-21-18(24)10-12-22-19-16-4-1-2-5-17(16)28(25,26)23-19/h1-2,4-9H,3,10-13H2,(H,21,24)(H,22,23). The van der Waals surface area contributed by atoms with E-state index in [4.69, 9.17) is 0 Å². The predicted octanol–water partition coefficient (Wildman–Crippen LogP) is 2.55. The van der Waals surface area contributed by atoms with Crippen LogP contribution in [0.2, 0.25) is 0 Å². The van der Waals surface area contributed by atoms with Crippen molar-refractivity contribution in [1.82, 2.24) is 10.0 Å². The number of aliphatic imine (C=N–C) groups is 1. The summed E-state index contributed by atoms with van der Waals surface area (Å²) in [7, 11) is -3.56. The van der Waals surface area contributed by atoms with Crippen molar-refractivity contribution in [1.29, 1.82) is 0 Å². The Morgan fingerprint density at radius 2 is 1.89 bits per heavy atom. The van der Waals surface area contributed by atoms with E-state index in [9.17, 15) is 17.6 Å². The highest BCUT2D eigenvalue weighted by Crippen LogP contribution is 2.22. The first-order valence-corrected chi connectivity index (χ1v) is 11.2. The average molecular weight is 422 g/mol. The Bertz CT molecular complexity index is 976. The van der Waals surface area contributed by atoms with Crippen LogP contribution in [0.15, 0.2) is 63.3 Å². The molecule has 148 valence electrons. The van der Waals surface area contributed by atoms with Crippen LogP contribution in [0.3, 0.4) is 0 Å². The van der Waals surface area contributed by atoms with E-state index in [1.807, 2.05) is 0 Å². The fourth-order valence-corrected chi connectivity index (χ4v) is 4.73. The third-order valence-electron chi connectivity index (χ3n) is 4.00. The van der Waals surface area contributed by atoms with Gasteiger partial charge in [-0.1, -0.05) is 12.1 Å². The number of amides is 1. The fourth-order valence-electron chi connectivity index (χ4n) is 2.63. The van der Waals surface area contributed by atoms with E-state index in [1.165, 1.54) is 18.2 Å². The molecule has 1 amide bonds. The molecule has 0 aromatic heterocycles. The second kappa shape index (κ2) is 9.20. The van der Waals surface area contributed by atoms with E-state index < -0.39 is 10.0 Å². The second-order valence-electron chi connectivity index (χ2n) is 6.09. The van der Waals surface area contributed by atoms with Crippen LogP contribution >= 0.6 is 11.8 Å². The Morgan fingerprint density at radius 1 is 1.14 bits per heavy atom. The molecule has 0 fully saturated rings. The van der Waals surface area contributed by atoms with Crippen molar-refractivity contribution in [2.45, 2.75) is 22.6 Å². The van der Waals surface area contributed by atoms with E-state index in [-0.39, 0.29) is 35.4 Å². The summed E-state index contributed by atoms with van der Waals surface area (Å²) < 4.78 is 39.2. The van der Waals surface area contributed by atoms with E-state index in [1.54, 1.807) is 42.1 Å². The zero-order chi connectivity index (χ0) is 20.0. The summed E-state index contributed by atoms with van der Waals surface area (Å²) in [6, 6.07) is 12.9. The van der Waals surface area contributed by atoms with Gasteiger partial charge in [0.15, 0.2) is 0 Å². The van der Waals surface area contributed by atoms with Gasteiger partial charge in [0.05, 0.1) is 11.4 Å². The highest BCUT2D eigenvalue weighted by atomic mass is 32.2. The van der Waals surface area contributed by atoms with Gasteiger partial charge in [-0.3, -0.25) is 14.5 Å². The lowest BCUT2D eigenvalue weighted by molar-refractivity contribution is -0.120. The highest BCUT2D eigenvalue weighted by Gasteiger charge is 2.29. The molecule has 2 N–H and O–H groups in total. The average Bonchev–Trinajstić information content (AvgIpc) is 2.94. The molecule has 2 aromatic rings. The molecular formula is C19H20FN3O3S2. The van der Waals surface area contributed by atoms with Gasteiger partial charge >= 0.3 is 0 Å². The molecule has 3 rings (SSSR count). The van der Waals surface area contributed by atoms with Crippen molar-refractivity contribution in [2.75, 3.05) is 18.8 Å². The van der Waals surface area contributed by atoms with E-state index in [0.717, 1.165) is 17.1 Å². The summed E-state index contributed by atoms with van der Waals surface area (Å²) in [5, 5.41) is 2.82. The Labute approximate surface area is 167 Å². The SMILES string of the molecule is O=C(CCN=C1NS(=O)(=O)c2ccccc21)NCCCSc1ccc(F)cc1. The van der Waals surface area contributed by atoms with E-state index in [2.05, 4.69) is 15.0 Å². The molecule has 6 nitrogen and oxygen atoms in total. The van der Waals surface area contributed by atoms with Crippen LogP contribution in [-0.4, -0.2) is 39.0 Å². The zero-order valence-electron chi connectivity index (χ0n) is 15.0. The fraction of sp³-hybridized carbons (Fsp3) is 0.263. The normalized spacial score (nSPS) is 15.8. The van der Waals surface area contributed by atoms with E-state index in [0.29, 0.717) is 12.1 Å². The zero-order valence-corrected chi connectivity index (χ0v) is 16.7. The van der Waals surface area contributed by atoms with Crippen molar-refractivity contribution in [2.24, 2.45) is 4.99 Å². The third kappa shape index (κ3) is 5.32. The molecule has 0 saturated heterocycles. The molecule has 1 aliphatic rings. The molecular weight excluding hydrogens is 401 g/mol. The Balaban J connectivity index is 1.37. The summed E-state index contributed by atoms with van der Waals surface area (Å²) in [5.41, 5.74) is 0.528. The van der Waals surface area contributed by atoms with Crippen LogP contribution in [0.1, 0.15) is 18.4 Å². The second-order valence-corrected chi connectivity index (χ2v) is 8.91. The first kappa shape index (κ1) is 20.3. The molecule has 2 aromatic carbocycles. The van der Waals surface area contributed by atoms with Crippen LogP contribution in [0, 0.1) is 5.82 Å². The predicted molar refractivity (Wildman–Crippen MR) is 108 cm³/mol. The van der Waals surface area contributed by atoms with Gasteiger partial charge < -0.3 is 5.32 Å². The molecule has 0 bridgehead atoms. The van der Waals surface area contributed by atoms with Gasteiger partial charge in [-0.2, -0.15) is 0 Å². The van der Waals surface area contributed by atoms with Crippen LogP contribution in [0.4, 0.5) is 4.39 Å². The number of hydrogen-bond acceptors (Lipinski definition) is 5. The Morgan fingerprint density at radius 3 is 2.68 bits per heavy atom. The first-order chi connectivity index (χ1) is 13.5. The number of halogens is 1. The number of carbonyl (C=O) groups excluding carboxylic acids is 1. The summed E-state index contributed by atoms with van der Waals surface area (Å²) in [6.07, 6.45) is 0.966. The molecule has 0 atom stereocenters. The summed E-state index contributed by atoms with van der Waals surface area (Å²) >= 11 is 1.60. The largest absolute Gasteiger partial charge is 0.356 e. The lowest BCUT2D eigenvalue weighted by Gasteiger charge is -2.05. The van der Waals surface area contributed by atoms with Crippen molar-refractivity contribution in [3.05, 3.63) is 59.9 Å². The molecule has 0 saturated carbocycles. The topological polar surface area (TPSA) is 87.6 Å². The van der Waals surface area contributed by atoms with Crippen LogP contribution in [-0.2, 0) is 14.8 Å². The number of benzene rings is 2. The molecule has 0 radical (unpaired) electrons. The minimum atomic E-state index is -3.56. The van der Waals surface area contributed by atoms with Gasteiger partial charge in [-0.15, -0.1) is 11.8 Å². The number of amidine groups is 1. The third-order valence-corrected chi connectivity index (χ3v) is 6.49. The minimum Gasteiger partial charge on any atom is -0.356 e. The van der Waals surface area contributed by atoms with Crippen molar-refractivity contribution in [3.63, 3.8) is 0 Å². The number of nitrogens with zero attached hydrogens (tertiary/aromatic N) is 1. The van der Waals surface area contributed by atoms with E-state index >= 15 is 0 Å². The molecule has 28 heavy (non-hydrogen) atoms. The van der Waals surface area contributed by atoms with Gasteiger partial charge in [0.2, 0.25) is 5.91 Å². The molecule has 1 aliphatic heterocycles. The maximum Gasteiger partial charge on any atom is 0.263 e. The van der Waals surface area contributed by atoms with Crippen molar-refractivity contribution < 1.29 is 17.6 Å². The number of sulfonamides is 1. The Kier molecular flexibility index (Phi) is 6.69. The van der Waals surface area contributed by atoms with Gasteiger partial charge in [0.1, 0.15) is 11.7 Å². The monoisotopic (exact) mass is 421 g/mol. The maximum atomic E-state index is 12.8. The van der Waals surface area contributed by atoms with Gasteiger partial charge in [-0.05, 0) is 48.6 Å². The highest BCUT2D eigenvalue weighted by molar-refractivity contribution is 7.99. The number of rotatable bonds is 8. The molecule has 0 spiro atoms. The first-order valence-electron chi connectivity index (χ1n) is 8.77. The lowest BCUT2D eigenvalue weighted by Crippen LogP contribution is -2.26. The quantitative estimate of drug-likeness (QED) is 0.507. The number of nitrogens with one attached hydrogen (secondary N) is 2. The maximum absolute atomic E-state index is 12.8. The summed E-state index contributed by atoms with van der Waals surface area (Å²) in [6.45, 7) is 0.738. The summed E-state index contributed by atoms with van der Waals surface area (Å²) in [5.74, 6) is 0.700.